The molecule has 21 heavy (non-hydrogen) atoms. The molecular weight excluding hydrogens is 276 g/mol. The van der Waals surface area contributed by atoms with Crippen LogP contribution in [0, 0.1) is 5.92 Å². The number of carbonyl (C=O) groups excluding carboxylic acids is 3. The first-order valence-electron chi connectivity index (χ1n) is 7.27. The van der Waals surface area contributed by atoms with Gasteiger partial charge in [-0.25, -0.2) is 14.5 Å². The van der Waals surface area contributed by atoms with Gasteiger partial charge in [0.15, 0.2) is 0 Å². The number of amides is 3. The monoisotopic (exact) mass is 296 g/mol. The van der Waals surface area contributed by atoms with E-state index in [1.807, 2.05) is 0 Å². The molecule has 0 aromatic heterocycles. The van der Waals surface area contributed by atoms with E-state index in [0.717, 1.165) is 0 Å². The Labute approximate surface area is 123 Å². The lowest BCUT2D eigenvalue weighted by Crippen LogP contribution is -2.47. The highest BCUT2D eigenvalue weighted by molar-refractivity contribution is 5.99. The number of hydrogen-bond acceptors (Lipinski definition) is 5. The van der Waals surface area contributed by atoms with E-state index in [-0.39, 0.29) is 30.0 Å². The van der Waals surface area contributed by atoms with Crippen LogP contribution in [0.15, 0.2) is 0 Å². The Balaban J connectivity index is 1.73. The van der Waals surface area contributed by atoms with Crippen LogP contribution in [0.3, 0.4) is 0 Å². The third-order valence-corrected chi connectivity index (χ3v) is 4.16. The summed E-state index contributed by atoms with van der Waals surface area (Å²) in [7, 11) is 0. The van der Waals surface area contributed by atoms with E-state index in [0.29, 0.717) is 13.0 Å². The number of nitrogens with zero attached hydrogens (tertiary/aromatic N) is 2. The minimum absolute atomic E-state index is 0.0970. The van der Waals surface area contributed by atoms with Crippen molar-refractivity contribution in [2.24, 2.45) is 5.92 Å². The number of piperidine rings is 2. The third-order valence-electron chi connectivity index (χ3n) is 4.16. The molecular formula is C14H20N2O5. The Hall–Kier alpha value is -1.79. The standard InChI is InChI=1S/C14H20N2O5/c1-5-20-12(18)16-9-7-6-8(10(9)16)15(11(7)17)13(19)21-14(2,3)4/h7-10H,5-6H2,1-4H3. The van der Waals surface area contributed by atoms with Gasteiger partial charge < -0.3 is 9.47 Å². The van der Waals surface area contributed by atoms with Crippen molar-refractivity contribution in [2.75, 3.05) is 6.61 Å². The first kappa shape index (κ1) is 14.2. The van der Waals surface area contributed by atoms with Gasteiger partial charge >= 0.3 is 12.2 Å². The molecule has 7 heteroatoms. The molecule has 2 heterocycles. The van der Waals surface area contributed by atoms with Gasteiger partial charge in [-0.1, -0.05) is 0 Å². The highest BCUT2D eigenvalue weighted by Gasteiger charge is 2.73. The maximum absolute atomic E-state index is 12.3. The SMILES string of the molecule is CCOC(=O)N1C2C3CC(C21)N(C(=O)OC(C)(C)C)C3=O. The normalized spacial score (nSPS) is 33.0. The van der Waals surface area contributed by atoms with Crippen molar-refractivity contribution >= 4 is 18.1 Å². The van der Waals surface area contributed by atoms with E-state index in [1.165, 1.54) is 4.90 Å². The van der Waals surface area contributed by atoms with Gasteiger partial charge in [-0.05, 0) is 34.1 Å². The topological polar surface area (TPSA) is 75.9 Å². The van der Waals surface area contributed by atoms with E-state index < -0.39 is 17.8 Å². The molecule has 0 N–H and O–H groups in total. The summed E-state index contributed by atoms with van der Waals surface area (Å²) in [4.78, 5) is 39.1. The van der Waals surface area contributed by atoms with Crippen LogP contribution in [0.1, 0.15) is 34.1 Å². The zero-order valence-corrected chi connectivity index (χ0v) is 12.7. The fourth-order valence-corrected chi connectivity index (χ4v) is 3.48. The first-order chi connectivity index (χ1) is 9.76. The molecule has 7 nitrogen and oxygen atoms in total. The molecule has 2 bridgehead atoms. The molecule has 1 aliphatic carbocycles. The summed E-state index contributed by atoms with van der Waals surface area (Å²) in [5, 5.41) is 0. The molecule has 116 valence electrons. The van der Waals surface area contributed by atoms with Crippen molar-refractivity contribution in [3.05, 3.63) is 0 Å². The van der Waals surface area contributed by atoms with Crippen molar-refractivity contribution in [3.63, 3.8) is 0 Å². The van der Waals surface area contributed by atoms with Crippen LogP contribution >= 0.6 is 0 Å². The first-order valence-corrected chi connectivity index (χ1v) is 7.27. The second kappa shape index (κ2) is 4.35. The number of fused-ring (bicyclic) bond motifs is 5. The molecule has 4 atom stereocenters. The average molecular weight is 296 g/mol. The Kier molecular flexibility index (Phi) is 2.93. The summed E-state index contributed by atoms with van der Waals surface area (Å²) in [6.45, 7) is 7.31. The average Bonchev–Trinajstić information content (AvgIpc) is 2.86. The highest BCUT2D eigenvalue weighted by Crippen LogP contribution is 2.54. The lowest BCUT2D eigenvalue weighted by molar-refractivity contribution is -0.132. The zero-order chi connectivity index (χ0) is 15.5. The van der Waals surface area contributed by atoms with E-state index in [2.05, 4.69) is 0 Å². The van der Waals surface area contributed by atoms with Gasteiger partial charge in [0, 0.05) is 0 Å². The minimum atomic E-state index is -0.650. The van der Waals surface area contributed by atoms with Crippen LogP contribution in [0.5, 0.6) is 0 Å². The Morgan fingerprint density at radius 2 is 1.90 bits per heavy atom. The fraction of sp³-hybridized carbons (Fsp3) is 0.786. The van der Waals surface area contributed by atoms with E-state index in [1.54, 1.807) is 32.6 Å². The van der Waals surface area contributed by atoms with Gasteiger partial charge in [-0.2, -0.15) is 0 Å². The number of rotatable bonds is 1. The summed E-state index contributed by atoms with van der Waals surface area (Å²) < 4.78 is 10.3. The number of hydrogen-bond donors (Lipinski definition) is 0. The van der Waals surface area contributed by atoms with Crippen LogP contribution < -0.4 is 0 Å². The van der Waals surface area contributed by atoms with E-state index >= 15 is 0 Å². The fourth-order valence-electron chi connectivity index (χ4n) is 3.48. The molecule has 2 saturated heterocycles. The van der Waals surface area contributed by atoms with Crippen molar-refractivity contribution in [1.29, 1.82) is 0 Å². The zero-order valence-electron chi connectivity index (χ0n) is 12.7. The Morgan fingerprint density at radius 1 is 1.24 bits per heavy atom. The second-order valence-corrected chi connectivity index (χ2v) is 6.69. The molecule has 3 aliphatic rings. The Bertz CT molecular complexity index is 512. The van der Waals surface area contributed by atoms with Crippen molar-refractivity contribution in [3.8, 4) is 0 Å². The highest BCUT2D eigenvalue weighted by atomic mass is 16.6. The summed E-state index contributed by atoms with van der Waals surface area (Å²) in [5.41, 5.74) is -0.650. The van der Waals surface area contributed by atoms with Crippen molar-refractivity contribution in [1.82, 2.24) is 9.80 Å². The van der Waals surface area contributed by atoms with Gasteiger partial charge in [0.2, 0.25) is 5.91 Å². The minimum Gasteiger partial charge on any atom is -0.450 e. The van der Waals surface area contributed by atoms with Crippen LogP contribution in [-0.2, 0) is 14.3 Å². The van der Waals surface area contributed by atoms with Crippen molar-refractivity contribution in [2.45, 2.75) is 57.8 Å². The molecule has 3 rings (SSSR count). The summed E-state index contributed by atoms with van der Waals surface area (Å²) in [5.74, 6) is -0.528. The number of ether oxygens (including phenoxy) is 2. The van der Waals surface area contributed by atoms with Crippen molar-refractivity contribution < 1.29 is 23.9 Å². The molecule has 1 saturated carbocycles. The number of carbonyl (C=O) groups is 3. The number of likely N-dealkylation sites (tertiary alicyclic amines) is 2. The number of imide groups is 1. The summed E-state index contributed by atoms with van der Waals surface area (Å²) in [6.07, 6.45) is -0.404. The molecule has 0 radical (unpaired) electrons. The van der Waals surface area contributed by atoms with E-state index in [9.17, 15) is 14.4 Å². The van der Waals surface area contributed by atoms with Gasteiger partial charge in [0.25, 0.3) is 0 Å². The summed E-state index contributed by atoms with van der Waals surface area (Å²) in [6, 6.07) is -0.466. The Morgan fingerprint density at radius 3 is 2.48 bits per heavy atom. The molecule has 0 aromatic carbocycles. The summed E-state index contributed by atoms with van der Waals surface area (Å²) >= 11 is 0. The van der Waals surface area contributed by atoms with Gasteiger partial charge in [-0.3, -0.25) is 9.69 Å². The second-order valence-electron chi connectivity index (χ2n) is 6.69. The quantitative estimate of drug-likeness (QED) is 0.683. The van der Waals surface area contributed by atoms with E-state index in [4.69, 9.17) is 9.47 Å². The van der Waals surface area contributed by atoms with Gasteiger partial charge in [0.1, 0.15) is 5.60 Å². The predicted octanol–water partition coefficient (Wildman–Crippen LogP) is 1.36. The molecule has 3 amide bonds. The molecule has 3 fully saturated rings. The van der Waals surface area contributed by atoms with Crippen LogP contribution in [0.4, 0.5) is 9.59 Å². The predicted molar refractivity (Wildman–Crippen MR) is 71.4 cm³/mol. The van der Waals surface area contributed by atoms with Crippen LogP contribution in [0.2, 0.25) is 0 Å². The molecule has 2 aliphatic heterocycles. The molecule has 0 aromatic rings. The lowest BCUT2D eigenvalue weighted by Gasteiger charge is -2.27. The third kappa shape index (κ3) is 2.06. The smallest absolute Gasteiger partial charge is 0.417 e. The van der Waals surface area contributed by atoms with Gasteiger partial charge in [0.05, 0.1) is 30.7 Å². The molecule has 4 unspecified atom stereocenters. The molecule has 0 spiro atoms. The lowest BCUT2D eigenvalue weighted by atomic mass is 10.1. The largest absolute Gasteiger partial charge is 0.450 e. The van der Waals surface area contributed by atoms with Gasteiger partial charge in [-0.15, -0.1) is 0 Å². The van der Waals surface area contributed by atoms with Crippen LogP contribution in [-0.4, -0.2) is 58.2 Å². The maximum atomic E-state index is 12.3. The van der Waals surface area contributed by atoms with Crippen LogP contribution in [0.25, 0.3) is 0 Å². The maximum Gasteiger partial charge on any atom is 0.417 e.